The Kier molecular flexibility index (Phi) is 3.84. The van der Waals surface area contributed by atoms with E-state index in [-0.39, 0.29) is 0 Å². The highest BCUT2D eigenvalue weighted by atomic mass is 127. The van der Waals surface area contributed by atoms with Crippen LogP contribution in [0.3, 0.4) is 0 Å². The molecule has 1 aromatic carbocycles. The molecule has 3 aromatic rings. The Balaban J connectivity index is 1.94. The van der Waals surface area contributed by atoms with E-state index >= 15 is 0 Å². The molecule has 0 saturated heterocycles. The molecule has 0 amide bonds. The maximum Gasteiger partial charge on any atom is 0.164 e. The minimum atomic E-state index is 0.506. The number of aromatic nitrogens is 2. The van der Waals surface area contributed by atoms with Gasteiger partial charge in [-0.15, -0.1) is 0 Å². The maximum absolute atomic E-state index is 6.19. The highest BCUT2D eigenvalue weighted by Crippen LogP contribution is 2.35. The van der Waals surface area contributed by atoms with Gasteiger partial charge in [0.1, 0.15) is 16.8 Å². The molecule has 0 radical (unpaired) electrons. The summed E-state index contributed by atoms with van der Waals surface area (Å²) in [4.78, 5) is 0. The molecule has 3 rings (SSSR count). The van der Waals surface area contributed by atoms with Crippen LogP contribution in [-0.4, -0.2) is 8.75 Å². The molecule has 0 bridgehead atoms. The number of rotatable bonds is 3. The summed E-state index contributed by atoms with van der Waals surface area (Å²) in [6.07, 6.45) is 0. The zero-order chi connectivity index (χ0) is 13.4. The van der Waals surface area contributed by atoms with Crippen LogP contribution in [0.4, 0.5) is 5.69 Å². The third kappa shape index (κ3) is 2.67. The van der Waals surface area contributed by atoms with Gasteiger partial charge in [0.25, 0.3) is 0 Å². The van der Waals surface area contributed by atoms with Gasteiger partial charge >= 0.3 is 0 Å². The van der Waals surface area contributed by atoms with Crippen molar-refractivity contribution in [3.05, 3.63) is 37.8 Å². The SMILES string of the molecule is Clc1cc(Cl)c2nsnc2c1NCc1ccc(I)o1. The van der Waals surface area contributed by atoms with Crippen molar-refractivity contribution in [1.29, 1.82) is 0 Å². The van der Waals surface area contributed by atoms with Crippen LogP contribution in [0.5, 0.6) is 0 Å². The number of benzene rings is 1. The second-order valence-electron chi connectivity index (χ2n) is 3.74. The fourth-order valence-electron chi connectivity index (χ4n) is 1.66. The van der Waals surface area contributed by atoms with E-state index in [0.717, 1.165) is 26.9 Å². The molecule has 4 nitrogen and oxygen atoms in total. The lowest BCUT2D eigenvalue weighted by atomic mass is 10.2. The lowest BCUT2D eigenvalue weighted by molar-refractivity contribution is 0.493. The molecule has 2 heterocycles. The molecular formula is C11H6Cl2IN3OS. The fourth-order valence-corrected chi connectivity index (χ4v) is 3.31. The molecule has 0 fully saturated rings. The Morgan fingerprint density at radius 1 is 1.21 bits per heavy atom. The van der Waals surface area contributed by atoms with Gasteiger partial charge in [0.15, 0.2) is 3.77 Å². The summed E-state index contributed by atoms with van der Waals surface area (Å²) >= 11 is 15.5. The highest BCUT2D eigenvalue weighted by Gasteiger charge is 2.14. The van der Waals surface area contributed by atoms with Crippen molar-refractivity contribution in [2.45, 2.75) is 6.54 Å². The molecular weight excluding hydrogens is 420 g/mol. The van der Waals surface area contributed by atoms with Crippen LogP contribution in [0, 0.1) is 3.77 Å². The van der Waals surface area contributed by atoms with Crippen LogP contribution >= 0.6 is 57.5 Å². The Labute approximate surface area is 136 Å². The number of nitrogens with one attached hydrogen (secondary N) is 1. The molecule has 0 unspecified atom stereocenters. The molecule has 0 aliphatic rings. The molecule has 0 aliphatic carbocycles. The maximum atomic E-state index is 6.19. The number of anilines is 1. The summed E-state index contributed by atoms with van der Waals surface area (Å²) in [6.45, 7) is 0.525. The smallest absolute Gasteiger partial charge is 0.164 e. The molecule has 0 saturated carbocycles. The standard InChI is InChI=1S/C11H6Cl2IN3OS/c12-6-3-7(13)10-11(17-19-16-10)9(6)15-4-5-1-2-8(14)18-5/h1-3,15H,4H2. The number of nitrogens with zero attached hydrogens (tertiary/aromatic N) is 2. The summed E-state index contributed by atoms with van der Waals surface area (Å²) in [6, 6.07) is 5.48. The highest BCUT2D eigenvalue weighted by molar-refractivity contribution is 14.1. The Morgan fingerprint density at radius 3 is 2.74 bits per heavy atom. The average Bonchev–Trinajstić information content (AvgIpc) is 2.98. The van der Waals surface area contributed by atoms with Gasteiger partial charge in [-0.25, -0.2) is 0 Å². The molecule has 98 valence electrons. The predicted octanol–water partition coefficient (Wildman–Crippen LogP) is 4.81. The van der Waals surface area contributed by atoms with Crippen LogP contribution in [-0.2, 0) is 6.54 Å². The summed E-state index contributed by atoms with van der Waals surface area (Å²) in [5.74, 6) is 0.826. The van der Waals surface area contributed by atoms with Crippen LogP contribution in [0.25, 0.3) is 11.0 Å². The molecule has 0 atom stereocenters. The minimum absolute atomic E-state index is 0.506. The summed E-state index contributed by atoms with van der Waals surface area (Å²) < 4.78 is 14.7. The molecule has 8 heteroatoms. The van der Waals surface area contributed by atoms with Crippen LogP contribution in [0.2, 0.25) is 10.0 Å². The van der Waals surface area contributed by atoms with Crippen molar-refractivity contribution in [3.63, 3.8) is 0 Å². The van der Waals surface area contributed by atoms with Gasteiger partial charge in [0.2, 0.25) is 0 Å². The Bertz CT molecular complexity index is 743. The number of hydrogen-bond donors (Lipinski definition) is 1. The van der Waals surface area contributed by atoms with Gasteiger partial charge in [-0.05, 0) is 40.8 Å². The molecule has 0 spiro atoms. The summed E-state index contributed by atoms with van der Waals surface area (Å²) in [7, 11) is 0. The van der Waals surface area contributed by atoms with Crippen molar-refractivity contribution in [2.24, 2.45) is 0 Å². The first-order valence-electron chi connectivity index (χ1n) is 5.23. The van der Waals surface area contributed by atoms with Gasteiger partial charge in [-0.2, -0.15) is 8.75 Å². The van der Waals surface area contributed by atoms with Crippen LogP contribution in [0.15, 0.2) is 22.6 Å². The lowest BCUT2D eigenvalue weighted by Crippen LogP contribution is -2.00. The van der Waals surface area contributed by atoms with E-state index in [2.05, 4.69) is 36.7 Å². The lowest BCUT2D eigenvalue weighted by Gasteiger charge is -2.08. The second-order valence-corrected chi connectivity index (χ2v) is 6.14. The Hall–Kier alpha value is -0.570. The zero-order valence-corrected chi connectivity index (χ0v) is 13.8. The van der Waals surface area contributed by atoms with Crippen LogP contribution < -0.4 is 5.32 Å². The van der Waals surface area contributed by atoms with Crippen molar-refractivity contribution < 1.29 is 4.42 Å². The van der Waals surface area contributed by atoms with E-state index in [1.165, 1.54) is 0 Å². The third-order valence-electron chi connectivity index (χ3n) is 2.51. The molecule has 1 N–H and O–H groups in total. The largest absolute Gasteiger partial charge is 0.454 e. The minimum Gasteiger partial charge on any atom is -0.454 e. The van der Waals surface area contributed by atoms with E-state index in [9.17, 15) is 0 Å². The second kappa shape index (κ2) is 5.43. The first-order chi connectivity index (χ1) is 9.15. The van der Waals surface area contributed by atoms with Gasteiger partial charge in [0, 0.05) is 0 Å². The van der Waals surface area contributed by atoms with Gasteiger partial charge in [-0.3, -0.25) is 0 Å². The fraction of sp³-hybridized carbons (Fsp3) is 0.0909. The molecule has 2 aromatic heterocycles. The van der Waals surface area contributed by atoms with E-state index < -0.39 is 0 Å². The Morgan fingerprint density at radius 2 is 2.00 bits per heavy atom. The van der Waals surface area contributed by atoms with Crippen molar-refractivity contribution >= 4 is 74.2 Å². The molecule has 0 aliphatic heterocycles. The van der Waals surface area contributed by atoms with Gasteiger partial charge < -0.3 is 9.73 Å². The monoisotopic (exact) mass is 425 g/mol. The first kappa shape index (κ1) is 13.4. The quantitative estimate of drug-likeness (QED) is 0.612. The van der Waals surface area contributed by atoms with Gasteiger partial charge in [-0.1, -0.05) is 23.2 Å². The predicted molar refractivity (Wildman–Crippen MR) is 86.2 cm³/mol. The van der Waals surface area contributed by atoms with Crippen LogP contribution in [0.1, 0.15) is 5.76 Å². The number of halogens is 3. The van der Waals surface area contributed by atoms with Crippen molar-refractivity contribution in [1.82, 2.24) is 8.75 Å². The molecule has 19 heavy (non-hydrogen) atoms. The third-order valence-corrected chi connectivity index (χ3v) is 4.21. The normalized spacial score (nSPS) is 11.1. The van der Waals surface area contributed by atoms with Gasteiger partial charge in [0.05, 0.1) is 34.0 Å². The number of fused-ring (bicyclic) bond motifs is 1. The average molecular weight is 426 g/mol. The first-order valence-corrected chi connectivity index (χ1v) is 7.80. The van der Waals surface area contributed by atoms with E-state index in [0.29, 0.717) is 27.6 Å². The number of hydrogen-bond acceptors (Lipinski definition) is 5. The van der Waals surface area contributed by atoms with Crippen molar-refractivity contribution in [3.8, 4) is 0 Å². The van der Waals surface area contributed by atoms with E-state index in [1.807, 2.05) is 12.1 Å². The summed E-state index contributed by atoms with van der Waals surface area (Å²) in [5, 5.41) is 4.24. The van der Waals surface area contributed by atoms with E-state index in [4.69, 9.17) is 27.6 Å². The zero-order valence-electron chi connectivity index (χ0n) is 9.28. The van der Waals surface area contributed by atoms with Crippen molar-refractivity contribution in [2.75, 3.05) is 5.32 Å². The summed E-state index contributed by atoms with van der Waals surface area (Å²) in [5.41, 5.74) is 2.07. The van der Waals surface area contributed by atoms with E-state index in [1.54, 1.807) is 6.07 Å². The number of furan rings is 1. The topological polar surface area (TPSA) is 51.0 Å².